The van der Waals surface area contributed by atoms with Gasteiger partial charge >= 0.3 is 5.97 Å². The van der Waals surface area contributed by atoms with E-state index in [4.69, 9.17) is 4.74 Å². The standard InChI is InChI=1S/C21H34O4/c1-12(22)25-19-16-5-4-13-14-6-7-18(24)21(14,3)10-8-15(13)20(16,2)11-9-17(19)23/h13-19,23-24H,4-11H2,1-3H3/t13-,14-,15-,16?,17+,18-,19-,20+,21-/m0/s1. The summed E-state index contributed by atoms with van der Waals surface area (Å²) in [6.07, 6.45) is 7.38. The molecule has 1 unspecified atom stereocenters. The Morgan fingerprint density at radius 2 is 1.52 bits per heavy atom. The third-order valence-corrected chi connectivity index (χ3v) is 8.95. The van der Waals surface area contributed by atoms with Crippen LogP contribution in [0.25, 0.3) is 0 Å². The van der Waals surface area contributed by atoms with Crippen molar-refractivity contribution in [2.75, 3.05) is 0 Å². The Balaban J connectivity index is 1.62. The normalized spacial score (nSPS) is 55.0. The molecule has 4 aliphatic carbocycles. The van der Waals surface area contributed by atoms with Crippen molar-refractivity contribution in [3.05, 3.63) is 0 Å². The van der Waals surface area contributed by atoms with Gasteiger partial charge in [0.2, 0.25) is 0 Å². The van der Waals surface area contributed by atoms with Gasteiger partial charge in [-0.15, -0.1) is 0 Å². The predicted octanol–water partition coefficient (Wildman–Crippen LogP) is 3.29. The maximum atomic E-state index is 11.6. The summed E-state index contributed by atoms with van der Waals surface area (Å²) in [4.78, 5) is 11.6. The van der Waals surface area contributed by atoms with Crippen molar-refractivity contribution < 1.29 is 19.7 Å². The van der Waals surface area contributed by atoms with Crippen molar-refractivity contribution >= 4 is 5.97 Å². The summed E-state index contributed by atoms with van der Waals surface area (Å²) in [7, 11) is 0. The minimum Gasteiger partial charge on any atom is -0.459 e. The molecule has 4 aliphatic rings. The Bertz CT molecular complexity index is 548. The maximum Gasteiger partial charge on any atom is 0.303 e. The molecule has 142 valence electrons. The molecule has 0 spiro atoms. The van der Waals surface area contributed by atoms with E-state index in [0.717, 1.165) is 44.9 Å². The van der Waals surface area contributed by atoms with Crippen LogP contribution >= 0.6 is 0 Å². The molecular weight excluding hydrogens is 316 g/mol. The summed E-state index contributed by atoms with van der Waals surface area (Å²) in [6, 6.07) is 0. The average molecular weight is 350 g/mol. The Morgan fingerprint density at radius 3 is 2.24 bits per heavy atom. The molecule has 9 atom stereocenters. The first-order valence-corrected chi connectivity index (χ1v) is 10.3. The first-order chi connectivity index (χ1) is 11.8. The van der Waals surface area contributed by atoms with Gasteiger partial charge in [-0.2, -0.15) is 0 Å². The average Bonchev–Trinajstić information content (AvgIpc) is 2.86. The van der Waals surface area contributed by atoms with Crippen LogP contribution in [-0.4, -0.2) is 34.5 Å². The van der Waals surface area contributed by atoms with Gasteiger partial charge in [0.25, 0.3) is 0 Å². The van der Waals surface area contributed by atoms with E-state index in [2.05, 4.69) is 13.8 Å². The number of hydrogen-bond acceptors (Lipinski definition) is 4. The van der Waals surface area contributed by atoms with Gasteiger partial charge < -0.3 is 14.9 Å². The van der Waals surface area contributed by atoms with E-state index < -0.39 is 6.10 Å². The van der Waals surface area contributed by atoms with Gasteiger partial charge in [0.05, 0.1) is 12.2 Å². The summed E-state index contributed by atoms with van der Waals surface area (Å²) in [5.74, 6) is 1.96. The third kappa shape index (κ3) is 2.50. The number of aliphatic hydroxyl groups excluding tert-OH is 2. The maximum absolute atomic E-state index is 11.6. The lowest BCUT2D eigenvalue weighted by atomic mass is 9.44. The molecule has 0 aromatic rings. The monoisotopic (exact) mass is 350 g/mol. The van der Waals surface area contributed by atoms with Crippen LogP contribution < -0.4 is 0 Å². The van der Waals surface area contributed by atoms with Crippen molar-refractivity contribution in [1.29, 1.82) is 0 Å². The molecule has 0 heterocycles. The fourth-order valence-corrected chi connectivity index (χ4v) is 7.61. The van der Waals surface area contributed by atoms with Crippen molar-refractivity contribution in [3.63, 3.8) is 0 Å². The molecule has 4 saturated carbocycles. The molecule has 0 aromatic heterocycles. The molecule has 4 nitrogen and oxygen atoms in total. The molecule has 0 aliphatic heterocycles. The zero-order chi connectivity index (χ0) is 18.0. The zero-order valence-electron chi connectivity index (χ0n) is 15.9. The lowest BCUT2D eigenvalue weighted by Crippen LogP contribution is -2.59. The summed E-state index contributed by atoms with van der Waals surface area (Å²) in [5.41, 5.74) is 0.255. The Hall–Kier alpha value is -0.610. The topological polar surface area (TPSA) is 66.8 Å². The molecule has 0 amide bonds. The number of aliphatic hydroxyl groups is 2. The smallest absolute Gasteiger partial charge is 0.303 e. The molecule has 0 saturated heterocycles. The van der Waals surface area contributed by atoms with Crippen molar-refractivity contribution in [2.45, 2.75) is 90.4 Å². The SMILES string of the molecule is CC(=O)O[C@H]1C2CC[C@H]3[C@@H]4CC[C@H](O)[C@@]4(C)CC[C@@H]3[C@@]2(C)CC[C@H]1O. The fraction of sp³-hybridized carbons (Fsp3) is 0.952. The highest BCUT2D eigenvalue weighted by Gasteiger charge is 2.62. The van der Waals surface area contributed by atoms with E-state index >= 15 is 0 Å². The number of fused-ring (bicyclic) bond motifs is 5. The molecule has 4 rings (SSSR count). The van der Waals surface area contributed by atoms with Gasteiger partial charge in [-0.05, 0) is 80.0 Å². The molecule has 4 fully saturated rings. The summed E-state index contributed by atoms with van der Waals surface area (Å²) >= 11 is 0. The van der Waals surface area contributed by atoms with E-state index in [9.17, 15) is 15.0 Å². The Labute approximate surface area is 151 Å². The quantitative estimate of drug-likeness (QED) is 0.712. The van der Waals surface area contributed by atoms with Crippen LogP contribution in [0.5, 0.6) is 0 Å². The largest absolute Gasteiger partial charge is 0.459 e. The second-order valence-electron chi connectivity index (χ2n) is 9.88. The van der Waals surface area contributed by atoms with E-state index in [1.165, 1.54) is 13.3 Å². The fourth-order valence-electron chi connectivity index (χ4n) is 7.61. The highest BCUT2D eigenvalue weighted by Crippen LogP contribution is 2.66. The third-order valence-electron chi connectivity index (χ3n) is 8.95. The predicted molar refractivity (Wildman–Crippen MR) is 94.7 cm³/mol. The Kier molecular flexibility index (Phi) is 4.23. The summed E-state index contributed by atoms with van der Waals surface area (Å²) in [5, 5.41) is 21.0. The molecule has 0 radical (unpaired) electrons. The lowest BCUT2D eigenvalue weighted by molar-refractivity contribution is -0.196. The number of carbonyl (C=O) groups excluding carboxylic acids is 1. The summed E-state index contributed by atoms with van der Waals surface area (Å²) in [6.45, 7) is 6.16. The second-order valence-corrected chi connectivity index (χ2v) is 9.88. The molecule has 2 N–H and O–H groups in total. The van der Waals surface area contributed by atoms with E-state index in [1.54, 1.807) is 0 Å². The molecule has 0 aromatic carbocycles. The summed E-state index contributed by atoms with van der Waals surface area (Å²) < 4.78 is 5.61. The molecule has 4 heteroatoms. The van der Waals surface area contributed by atoms with Crippen LogP contribution in [-0.2, 0) is 9.53 Å². The van der Waals surface area contributed by atoms with Crippen LogP contribution in [0.15, 0.2) is 0 Å². The number of esters is 1. The number of ether oxygens (including phenoxy) is 1. The van der Waals surface area contributed by atoms with Crippen LogP contribution in [0.1, 0.15) is 72.1 Å². The minimum atomic E-state index is -0.513. The first-order valence-electron chi connectivity index (χ1n) is 10.3. The van der Waals surface area contributed by atoms with Gasteiger partial charge in [0.15, 0.2) is 0 Å². The first kappa shape index (κ1) is 17.8. The van der Waals surface area contributed by atoms with Gasteiger partial charge in [0, 0.05) is 12.8 Å². The molecule has 0 bridgehead atoms. The van der Waals surface area contributed by atoms with Crippen LogP contribution in [0.4, 0.5) is 0 Å². The van der Waals surface area contributed by atoms with Gasteiger partial charge in [0.1, 0.15) is 6.10 Å². The van der Waals surface area contributed by atoms with E-state index in [1.807, 2.05) is 0 Å². The van der Waals surface area contributed by atoms with Crippen LogP contribution in [0.3, 0.4) is 0 Å². The number of rotatable bonds is 1. The minimum absolute atomic E-state index is 0.105. The molecule has 25 heavy (non-hydrogen) atoms. The van der Waals surface area contributed by atoms with Crippen LogP contribution in [0, 0.1) is 34.5 Å². The van der Waals surface area contributed by atoms with E-state index in [0.29, 0.717) is 17.8 Å². The molecular formula is C21H34O4. The highest BCUT2D eigenvalue weighted by molar-refractivity contribution is 5.66. The van der Waals surface area contributed by atoms with Crippen molar-refractivity contribution in [1.82, 2.24) is 0 Å². The number of carbonyl (C=O) groups is 1. The van der Waals surface area contributed by atoms with Crippen LogP contribution in [0.2, 0.25) is 0 Å². The van der Waals surface area contributed by atoms with Gasteiger partial charge in [-0.1, -0.05) is 13.8 Å². The van der Waals surface area contributed by atoms with E-state index in [-0.39, 0.29) is 34.9 Å². The van der Waals surface area contributed by atoms with Crippen molar-refractivity contribution in [2.24, 2.45) is 34.5 Å². The lowest BCUT2D eigenvalue weighted by Gasteiger charge is -2.61. The van der Waals surface area contributed by atoms with Gasteiger partial charge in [-0.3, -0.25) is 4.79 Å². The van der Waals surface area contributed by atoms with Gasteiger partial charge in [-0.25, -0.2) is 0 Å². The second kappa shape index (κ2) is 5.95. The zero-order valence-corrected chi connectivity index (χ0v) is 15.9. The highest BCUT2D eigenvalue weighted by atomic mass is 16.6. The number of hydrogen-bond donors (Lipinski definition) is 2. The Morgan fingerprint density at radius 1 is 0.880 bits per heavy atom. The van der Waals surface area contributed by atoms with Crippen molar-refractivity contribution in [3.8, 4) is 0 Å².